The fraction of sp³-hybridized carbons (Fsp3) is 0.500. The molecule has 1 heterocycles. The van der Waals surface area contributed by atoms with Crippen LogP contribution in [0.3, 0.4) is 0 Å². The predicted octanol–water partition coefficient (Wildman–Crippen LogP) is 0.477. The molecule has 0 aromatic rings. The molecule has 0 aromatic heterocycles. The van der Waals surface area contributed by atoms with E-state index in [1.165, 1.54) is 5.01 Å². The molecule has 1 aliphatic heterocycles. The number of carbonyl (C=O) groups excluding carboxylic acids is 1. The number of carbonyl (C=O) groups is 1. The fourth-order valence-electron chi connectivity index (χ4n) is 0.682. The van der Waals surface area contributed by atoms with Gasteiger partial charge in [0.25, 0.3) is 0 Å². The van der Waals surface area contributed by atoms with Crippen molar-refractivity contribution in [2.45, 2.75) is 6.92 Å². The first-order chi connectivity index (χ1) is 4.84. The summed E-state index contributed by atoms with van der Waals surface area (Å²) in [5.41, 5.74) is 2.72. The van der Waals surface area contributed by atoms with Gasteiger partial charge in [-0.2, -0.15) is 0 Å². The average molecular weight is 142 g/mol. The third-order valence-corrected chi connectivity index (χ3v) is 1.12. The van der Waals surface area contributed by atoms with E-state index in [1.54, 1.807) is 13.1 Å². The minimum absolute atomic E-state index is 0.326. The smallest absolute Gasteiger partial charge is 0.428 e. The summed E-state index contributed by atoms with van der Waals surface area (Å²) >= 11 is 0. The molecule has 1 rings (SSSR count). The van der Waals surface area contributed by atoms with Gasteiger partial charge in [0.1, 0.15) is 0 Å². The lowest BCUT2D eigenvalue weighted by Gasteiger charge is -2.14. The van der Waals surface area contributed by atoms with Crippen LogP contribution in [0.4, 0.5) is 4.79 Å². The summed E-state index contributed by atoms with van der Waals surface area (Å²) in [6.07, 6.45) is 3.22. The quantitative estimate of drug-likeness (QED) is 0.578. The molecule has 1 N–H and O–H groups in total. The van der Waals surface area contributed by atoms with E-state index >= 15 is 0 Å². The standard InChI is InChI=1S/C6H10N2O2/c1-2-10-6(9)8-5-3-4-7-8/h3-4,7H,2,5H2,1H3. The lowest BCUT2D eigenvalue weighted by Crippen LogP contribution is -2.36. The highest BCUT2D eigenvalue weighted by molar-refractivity contribution is 5.67. The number of ether oxygens (including phenoxy) is 1. The summed E-state index contributed by atoms with van der Waals surface area (Å²) < 4.78 is 4.71. The summed E-state index contributed by atoms with van der Waals surface area (Å²) in [5.74, 6) is 0. The Labute approximate surface area is 59.4 Å². The second-order valence-corrected chi connectivity index (χ2v) is 1.84. The van der Waals surface area contributed by atoms with Crippen molar-refractivity contribution in [2.24, 2.45) is 0 Å². The second kappa shape index (κ2) is 3.10. The van der Waals surface area contributed by atoms with Crippen molar-refractivity contribution in [2.75, 3.05) is 13.2 Å². The van der Waals surface area contributed by atoms with Crippen LogP contribution in [0.1, 0.15) is 6.92 Å². The Kier molecular flexibility index (Phi) is 2.15. The van der Waals surface area contributed by atoms with Gasteiger partial charge in [0, 0.05) is 6.20 Å². The minimum Gasteiger partial charge on any atom is -0.448 e. The molecule has 1 aliphatic rings. The van der Waals surface area contributed by atoms with Crippen LogP contribution in [0, 0.1) is 0 Å². The first-order valence-corrected chi connectivity index (χ1v) is 3.20. The number of amides is 1. The van der Waals surface area contributed by atoms with E-state index in [1.807, 2.05) is 6.08 Å². The molecular weight excluding hydrogens is 132 g/mol. The van der Waals surface area contributed by atoms with Gasteiger partial charge in [-0.05, 0) is 13.0 Å². The van der Waals surface area contributed by atoms with E-state index in [-0.39, 0.29) is 6.09 Å². The Morgan fingerprint density at radius 3 is 3.20 bits per heavy atom. The minimum atomic E-state index is -0.326. The summed E-state index contributed by atoms with van der Waals surface area (Å²) in [4.78, 5) is 10.8. The molecule has 0 saturated carbocycles. The summed E-state index contributed by atoms with van der Waals surface area (Å²) in [7, 11) is 0. The topological polar surface area (TPSA) is 41.6 Å². The molecule has 0 fully saturated rings. The molecule has 4 heteroatoms. The van der Waals surface area contributed by atoms with Crippen molar-refractivity contribution in [3.63, 3.8) is 0 Å². The zero-order valence-electron chi connectivity index (χ0n) is 5.83. The van der Waals surface area contributed by atoms with E-state index in [0.717, 1.165) is 0 Å². The van der Waals surface area contributed by atoms with Crippen LogP contribution >= 0.6 is 0 Å². The largest absolute Gasteiger partial charge is 0.448 e. The van der Waals surface area contributed by atoms with E-state index in [2.05, 4.69) is 5.43 Å². The van der Waals surface area contributed by atoms with Crippen molar-refractivity contribution in [3.05, 3.63) is 12.3 Å². The van der Waals surface area contributed by atoms with Gasteiger partial charge in [0.05, 0.1) is 13.2 Å². The predicted molar refractivity (Wildman–Crippen MR) is 36.0 cm³/mol. The van der Waals surface area contributed by atoms with E-state index < -0.39 is 0 Å². The summed E-state index contributed by atoms with van der Waals surface area (Å²) in [5, 5.41) is 1.39. The van der Waals surface area contributed by atoms with Gasteiger partial charge in [0.15, 0.2) is 0 Å². The van der Waals surface area contributed by atoms with Gasteiger partial charge in [-0.1, -0.05) is 0 Å². The SMILES string of the molecule is CCOC(=O)N1CC=CN1. The van der Waals surface area contributed by atoms with Gasteiger partial charge in [0.2, 0.25) is 0 Å². The highest BCUT2D eigenvalue weighted by Gasteiger charge is 2.13. The number of hydrogen-bond acceptors (Lipinski definition) is 3. The summed E-state index contributed by atoms with van der Waals surface area (Å²) in [6.45, 7) is 2.78. The molecule has 56 valence electrons. The molecular formula is C6H10N2O2. The van der Waals surface area contributed by atoms with Crippen LogP contribution in [-0.4, -0.2) is 24.3 Å². The van der Waals surface area contributed by atoms with E-state index in [9.17, 15) is 4.79 Å². The average Bonchev–Trinajstić information content (AvgIpc) is 2.38. The van der Waals surface area contributed by atoms with Gasteiger partial charge in [-0.3, -0.25) is 0 Å². The van der Waals surface area contributed by atoms with Gasteiger partial charge in [-0.15, -0.1) is 0 Å². The Morgan fingerprint density at radius 1 is 1.90 bits per heavy atom. The number of nitrogens with one attached hydrogen (secondary N) is 1. The van der Waals surface area contributed by atoms with Crippen LogP contribution in [0.2, 0.25) is 0 Å². The highest BCUT2D eigenvalue weighted by atomic mass is 16.6. The number of hydrogen-bond donors (Lipinski definition) is 1. The van der Waals surface area contributed by atoms with Crippen LogP contribution in [0.25, 0.3) is 0 Å². The molecule has 0 unspecified atom stereocenters. The second-order valence-electron chi connectivity index (χ2n) is 1.84. The number of nitrogens with zero attached hydrogens (tertiary/aromatic N) is 1. The van der Waals surface area contributed by atoms with Crippen molar-refractivity contribution in [3.8, 4) is 0 Å². The van der Waals surface area contributed by atoms with Crippen LogP contribution < -0.4 is 5.43 Å². The molecule has 4 nitrogen and oxygen atoms in total. The summed E-state index contributed by atoms with van der Waals surface area (Å²) in [6, 6.07) is 0. The molecule has 0 aromatic carbocycles. The molecule has 10 heavy (non-hydrogen) atoms. The van der Waals surface area contributed by atoms with Crippen molar-refractivity contribution < 1.29 is 9.53 Å². The third-order valence-electron chi connectivity index (χ3n) is 1.12. The first kappa shape index (κ1) is 6.92. The van der Waals surface area contributed by atoms with E-state index in [0.29, 0.717) is 13.2 Å². The highest BCUT2D eigenvalue weighted by Crippen LogP contribution is 1.95. The zero-order chi connectivity index (χ0) is 7.40. The van der Waals surface area contributed by atoms with E-state index in [4.69, 9.17) is 4.74 Å². The van der Waals surface area contributed by atoms with Crippen molar-refractivity contribution in [1.29, 1.82) is 0 Å². The van der Waals surface area contributed by atoms with Crippen molar-refractivity contribution in [1.82, 2.24) is 10.4 Å². The number of hydrazine groups is 1. The maximum atomic E-state index is 10.8. The molecule has 0 aliphatic carbocycles. The Balaban J connectivity index is 2.28. The maximum Gasteiger partial charge on any atom is 0.428 e. The molecule has 1 amide bonds. The van der Waals surface area contributed by atoms with Gasteiger partial charge < -0.3 is 10.2 Å². The lowest BCUT2D eigenvalue weighted by molar-refractivity contribution is 0.103. The third kappa shape index (κ3) is 1.40. The van der Waals surface area contributed by atoms with Crippen LogP contribution in [-0.2, 0) is 4.74 Å². The zero-order valence-corrected chi connectivity index (χ0v) is 5.83. The normalized spacial score (nSPS) is 15.1. The Bertz CT molecular complexity index is 148. The monoisotopic (exact) mass is 142 g/mol. The van der Waals surface area contributed by atoms with Crippen LogP contribution in [0.15, 0.2) is 12.3 Å². The molecule has 0 saturated heterocycles. The maximum absolute atomic E-state index is 10.8. The van der Waals surface area contributed by atoms with Gasteiger partial charge in [-0.25, -0.2) is 9.80 Å². The van der Waals surface area contributed by atoms with Crippen LogP contribution in [0.5, 0.6) is 0 Å². The molecule has 0 atom stereocenters. The molecule has 0 radical (unpaired) electrons. The Hall–Kier alpha value is -1.19. The number of rotatable bonds is 1. The van der Waals surface area contributed by atoms with Crippen molar-refractivity contribution >= 4 is 6.09 Å². The molecule has 0 spiro atoms. The van der Waals surface area contributed by atoms with Gasteiger partial charge >= 0.3 is 6.09 Å². The first-order valence-electron chi connectivity index (χ1n) is 3.20. The lowest BCUT2D eigenvalue weighted by atomic mass is 10.6. The Morgan fingerprint density at radius 2 is 2.70 bits per heavy atom. The fourth-order valence-corrected chi connectivity index (χ4v) is 0.682. The molecule has 0 bridgehead atoms.